The quantitative estimate of drug-likeness (QED) is 0.879. The monoisotopic (exact) mass is 314 g/mol. The number of hydrogen-bond donors (Lipinski definition) is 1. The van der Waals surface area contributed by atoms with E-state index in [1.165, 1.54) is 5.56 Å². The molecule has 22 heavy (non-hydrogen) atoms. The van der Waals surface area contributed by atoms with Crippen molar-refractivity contribution in [1.29, 1.82) is 0 Å². The third-order valence-electron chi connectivity index (χ3n) is 4.28. The number of H-pyrrole nitrogens is 1. The largest absolute Gasteiger partial charge is 0.350 e. The number of piperidine rings is 1. The number of thioether (sulfide) groups is 1. The summed E-state index contributed by atoms with van der Waals surface area (Å²) < 4.78 is 0. The molecule has 1 saturated heterocycles. The Bertz CT molecular complexity index is 767. The highest BCUT2D eigenvalue weighted by molar-refractivity contribution is 8.14. The van der Waals surface area contributed by atoms with E-state index in [0.717, 1.165) is 48.0 Å². The smallest absolute Gasteiger partial charge is 0.258 e. The molecule has 0 spiro atoms. The lowest BCUT2D eigenvalue weighted by Crippen LogP contribution is -2.37. The summed E-state index contributed by atoms with van der Waals surface area (Å²) in [5.41, 5.74) is 3.37. The number of imidazole rings is 1. The molecule has 1 unspecified atom stereocenters. The number of likely N-dealkylation sites (tertiary alicyclic amines) is 1. The highest BCUT2D eigenvalue weighted by Gasteiger charge is 2.28. The molecule has 0 radical (unpaired) electrons. The van der Waals surface area contributed by atoms with E-state index < -0.39 is 0 Å². The number of aromatic nitrogens is 2. The molecule has 2 aromatic rings. The highest BCUT2D eigenvalue weighted by Crippen LogP contribution is 2.29. The summed E-state index contributed by atoms with van der Waals surface area (Å²) >= 11 is 1.56. The van der Waals surface area contributed by atoms with E-state index in [9.17, 15) is 4.79 Å². The number of hydrogen-bond acceptors (Lipinski definition) is 4. The molecule has 1 fully saturated rings. The highest BCUT2D eigenvalue weighted by atomic mass is 32.2. The molecule has 1 aromatic carbocycles. The molecule has 2 aliphatic rings. The van der Waals surface area contributed by atoms with Crippen molar-refractivity contribution < 1.29 is 4.79 Å². The summed E-state index contributed by atoms with van der Waals surface area (Å²) in [6, 6.07) is 6.30. The number of aryl methyl sites for hydroxylation is 1. The van der Waals surface area contributed by atoms with Crippen LogP contribution in [0, 0.1) is 6.92 Å². The molecular weight excluding hydrogens is 296 g/mol. The molecule has 0 bridgehead atoms. The molecule has 114 valence electrons. The minimum atomic E-state index is -0.0127. The lowest BCUT2D eigenvalue weighted by atomic mass is 9.98. The van der Waals surface area contributed by atoms with Gasteiger partial charge in [-0.1, -0.05) is 17.8 Å². The number of nitrogens with zero attached hydrogens (tertiary/aromatic N) is 3. The molecule has 3 heterocycles. The second-order valence-corrected chi connectivity index (χ2v) is 6.95. The average molecular weight is 314 g/mol. The van der Waals surface area contributed by atoms with Gasteiger partial charge in [0, 0.05) is 19.0 Å². The van der Waals surface area contributed by atoms with Gasteiger partial charge in [0.1, 0.15) is 5.82 Å². The van der Waals surface area contributed by atoms with Gasteiger partial charge in [-0.05, 0) is 37.5 Å². The van der Waals surface area contributed by atoms with E-state index in [1.54, 1.807) is 11.8 Å². The number of fused-ring (bicyclic) bond motifs is 1. The SMILES string of the molecule is Cc1ccc2nc(C3CCCN(C4=NC(=O)CS4)C3)[nH]c2c1. The van der Waals surface area contributed by atoms with Crippen LogP contribution in [-0.4, -0.2) is 44.8 Å². The second-order valence-electron chi connectivity index (χ2n) is 6.00. The van der Waals surface area contributed by atoms with Crippen LogP contribution in [0.2, 0.25) is 0 Å². The zero-order valence-corrected chi connectivity index (χ0v) is 13.3. The standard InChI is InChI=1S/C16H18N4OS/c1-10-4-5-12-13(7-10)18-15(17-12)11-3-2-6-20(8-11)16-19-14(21)9-22-16/h4-5,7,11H,2-3,6,8-9H2,1H3,(H,17,18). The number of amidine groups is 1. The van der Waals surface area contributed by atoms with Crippen molar-refractivity contribution in [2.45, 2.75) is 25.7 Å². The summed E-state index contributed by atoms with van der Waals surface area (Å²) in [6.07, 6.45) is 2.23. The van der Waals surface area contributed by atoms with Crippen LogP contribution in [0.25, 0.3) is 11.0 Å². The molecule has 5 nitrogen and oxygen atoms in total. The van der Waals surface area contributed by atoms with E-state index in [1.807, 2.05) is 0 Å². The van der Waals surface area contributed by atoms with E-state index in [-0.39, 0.29) is 5.91 Å². The minimum Gasteiger partial charge on any atom is -0.350 e. The van der Waals surface area contributed by atoms with Gasteiger partial charge in [-0.3, -0.25) is 4.79 Å². The Morgan fingerprint density at radius 2 is 2.32 bits per heavy atom. The fourth-order valence-corrected chi connectivity index (χ4v) is 4.00. The van der Waals surface area contributed by atoms with Crippen molar-refractivity contribution in [3.8, 4) is 0 Å². The normalized spacial score (nSPS) is 22.4. The summed E-state index contributed by atoms with van der Waals surface area (Å²) in [4.78, 5) is 25.9. The third-order valence-corrected chi connectivity index (χ3v) is 5.28. The van der Waals surface area contributed by atoms with Crippen LogP contribution >= 0.6 is 11.8 Å². The van der Waals surface area contributed by atoms with E-state index >= 15 is 0 Å². The topological polar surface area (TPSA) is 61.4 Å². The maximum absolute atomic E-state index is 11.3. The van der Waals surface area contributed by atoms with Gasteiger partial charge < -0.3 is 9.88 Å². The number of carbonyl (C=O) groups excluding carboxylic acids is 1. The molecule has 1 amide bonds. The Morgan fingerprint density at radius 1 is 1.41 bits per heavy atom. The predicted octanol–water partition coefficient (Wildman–Crippen LogP) is 2.68. The fraction of sp³-hybridized carbons (Fsp3) is 0.438. The molecule has 1 aromatic heterocycles. The number of aliphatic imine (C=N–C) groups is 1. The summed E-state index contributed by atoms with van der Waals surface area (Å²) in [7, 11) is 0. The van der Waals surface area contributed by atoms with Crippen molar-refractivity contribution in [2.24, 2.45) is 4.99 Å². The molecule has 1 N–H and O–H groups in total. The van der Waals surface area contributed by atoms with E-state index in [4.69, 9.17) is 4.98 Å². The molecule has 2 aliphatic heterocycles. The Morgan fingerprint density at radius 3 is 3.14 bits per heavy atom. The lowest BCUT2D eigenvalue weighted by molar-refractivity contribution is -0.115. The zero-order valence-electron chi connectivity index (χ0n) is 12.5. The molecule has 4 rings (SSSR count). The van der Waals surface area contributed by atoms with Gasteiger partial charge in [0.05, 0.1) is 16.8 Å². The molecule has 0 saturated carbocycles. The van der Waals surface area contributed by atoms with Crippen LogP contribution in [0.4, 0.5) is 0 Å². The number of benzene rings is 1. The average Bonchev–Trinajstić information content (AvgIpc) is 3.13. The first-order valence-corrected chi connectivity index (χ1v) is 8.63. The van der Waals surface area contributed by atoms with Crippen molar-refractivity contribution in [1.82, 2.24) is 14.9 Å². The lowest BCUT2D eigenvalue weighted by Gasteiger charge is -2.32. The van der Waals surface area contributed by atoms with Gasteiger partial charge >= 0.3 is 0 Å². The first-order valence-electron chi connectivity index (χ1n) is 7.64. The third kappa shape index (κ3) is 2.52. The second kappa shape index (κ2) is 5.43. The van der Waals surface area contributed by atoms with Crippen LogP contribution in [0.3, 0.4) is 0 Å². The predicted molar refractivity (Wildman–Crippen MR) is 89.3 cm³/mol. The molecule has 1 atom stereocenters. The summed E-state index contributed by atoms with van der Waals surface area (Å²) in [5.74, 6) is 1.91. The van der Waals surface area contributed by atoms with Gasteiger partial charge in [-0.15, -0.1) is 0 Å². The fourth-order valence-electron chi connectivity index (χ4n) is 3.17. The van der Waals surface area contributed by atoms with Crippen molar-refractivity contribution in [3.05, 3.63) is 29.6 Å². The van der Waals surface area contributed by atoms with E-state index in [0.29, 0.717) is 11.7 Å². The van der Waals surface area contributed by atoms with E-state index in [2.05, 4.69) is 40.0 Å². The number of amides is 1. The summed E-state index contributed by atoms with van der Waals surface area (Å²) in [5, 5.41) is 0.890. The Labute approximate surface area is 133 Å². The molecule has 6 heteroatoms. The Balaban J connectivity index is 1.58. The van der Waals surface area contributed by atoms with Crippen molar-refractivity contribution in [3.63, 3.8) is 0 Å². The zero-order chi connectivity index (χ0) is 15.1. The Kier molecular flexibility index (Phi) is 3.41. The van der Waals surface area contributed by atoms with Gasteiger partial charge in [0.15, 0.2) is 5.17 Å². The summed E-state index contributed by atoms with van der Waals surface area (Å²) in [6.45, 7) is 3.96. The first kappa shape index (κ1) is 13.8. The number of carbonyl (C=O) groups is 1. The number of aromatic amines is 1. The van der Waals surface area contributed by atoms with Gasteiger partial charge in [0.25, 0.3) is 5.91 Å². The van der Waals surface area contributed by atoms with Crippen LogP contribution in [0.15, 0.2) is 23.2 Å². The van der Waals surface area contributed by atoms with Crippen molar-refractivity contribution >= 4 is 33.9 Å². The van der Waals surface area contributed by atoms with Crippen molar-refractivity contribution in [2.75, 3.05) is 18.8 Å². The van der Waals surface area contributed by atoms with Crippen LogP contribution in [0.1, 0.15) is 30.1 Å². The van der Waals surface area contributed by atoms with Gasteiger partial charge in [0.2, 0.25) is 0 Å². The molecular formula is C16H18N4OS. The number of rotatable bonds is 1. The molecule has 0 aliphatic carbocycles. The minimum absolute atomic E-state index is 0.0127. The van der Waals surface area contributed by atoms with Gasteiger partial charge in [-0.2, -0.15) is 4.99 Å². The maximum atomic E-state index is 11.3. The number of nitrogens with one attached hydrogen (secondary N) is 1. The van der Waals surface area contributed by atoms with Gasteiger partial charge in [-0.25, -0.2) is 4.98 Å². The maximum Gasteiger partial charge on any atom is 0.258 e. The first-order chi connectivity index (χ1) is 10.7. The van der Waals surface area contributed by atoms with Crippen LogP contribution in [-0.2, 0) is 4.79 Å². The van der Waals surface area contributed by atoms with Crippen LogP contribution < -0.4 is 0 Å². The van der Waals surface area contributed by atoms with Crippen LogP contribution in [0.5, 0.6) is 0 Å². The Hall–Kier alpha value is -1.82.